The van der Waals surface area contributed by atoms with Crippen molar-refractivity contribution in [3.8, 4) is 0 Å². The van der Waals surface area contributed by atoms with Crippen LogP contribution in [0.15, 0.2) is 42.7 Å². The summed E-state index contributed by atoms with van der Waals surface area (Å²) in [6, 6.07) is 8.86. The van der Waals surface area contributed by atoms with E-state index in [1.807, 2.05) is 30.3 Å². The van der Waals surface area contributed by atoms with E-state index in [1.165, 1.54) is 12.4 Å². The smallest absolute Gasteiger partial charge is 0.390 e. The molecule has 2 rings (SSSR count). The number of amides is 1. The number of aryl methyl sites for hydroxylation is 1. The summed E-state index contributed by atoms with van der Waals surface area (Å²) >= 11 is 0. The molecule has 6 nitrogen and oxygen atoms in total. The minimum atomic E-state index is -4.30. The number of carboxylic acid groups (broad SMARTS) is 1. The van der Waals surface area contributed by atoms with Gasteiger partial charge in [0.05, 0.1) is 18.2 Å². The topological polar surface area (TPSA) is 84.2 Å². The molecule has 9 heteroatoms. The first-order valence-corrected chi connectivity index (χ1v) is 8.39. The summed E-state index contributed by atoms with van der Waals surface area (Å²) in [5.41, 5.74) is 1.07. The van der Waals surface area contributed by atoms with Gasteiger partial charge in [0.2, 0.25) is 0 Å². The molecule has 2 N–H and O–H groups in total. The molecule has 0 aliphatic carbocycles. The molecule has 0 bridgehead atoms. The van der Waals surface area contributed by atoms with Gasteiger partial charge in [-0.15, -0.1) is 0 Å². The second-order valence-corrected chi connectivity index (χ2v) is 6.15. The van der Waals surface area contributed by atoms with E-state index in [2.05, 4.69) is 10.4 Å². The maximum absolute atomic E-state index is 12.4. The number of benzene rings is 1. The maximum Gasteiger partial charge on any atom is 0.390 e. The van der Waals surface area contributed by atoms with E-state index in [-0.39, 0.29) is 24.9 Å². The number of nitrogens with zero attached hydrogens (tertiary/aromatic N) is 2. The molecule has 0 saturated carbocycles. The number of carbonyl (C=O) groups excluding carboxylic acids is 1. The first-order chi connectivity index (χ1) is 12.7. The lowest BCUT2D eigenvalue weighted by Gasteiger charge is -2.18. The number of aromatic nitrogens is 2. The van der Waals surface area contributed by atoms with Crippen LogP contribution in [-0.2, 0) is 17.8 Å². The molecule has 0 spiro atoms. The Bertz CT molecular complexity index is 760. The zero-order chi connectivity index (χ0) is 19.9. The molecular formula is C18H20F3N3O3. The van der Waals surface area contributed by atoms with Gasteiger partial charge in [0.1, 0.15) is 0 Å². The van der Waals surface area contributed by atoms with Gasteiger partial charge in [-0.2, -0.15) is 18.3 Å². The van der Waals surface area contributed by atoms with Crippen LogP contribution in [-0.4, -0.2) is 39.0 Å². The Morgan fingerprint density at radius 3 is 2.56 bits per heavy atom. The van der Waals surface area contributed by atoms with Crippen LogP contribution in [0.5, 0.6) is 0 Å². The lowest BCUT2D eigenvalue weighted by molar-refractivity contribution is -0.138. The van der Waals surface area contributed by atoms with Crippen molar-refractivity contribution in [3.05, 3.63) is 53.9 Å². The molecule has 0 radical (unpaired) electrons. The van der Waals surface area contributed by atoms with E-state index >= 15 is 0 Å². The number of nitrogens with one attached hydrogen (secondary N) is 1. The van der Waals surface area contributed by atoms with Crippen molar-refractivity contribution in [2.24, 2.45) is 0 Å². The highest BCUT2D eigenvalue weighted by atomic mass is 19.4. The molecule has 2 aromatic rings. The summed E-state index contributed by atoms with van der Waals surface area (Å²) in [5.74, 6) is -1.47. The Morgan fingerprint density at radius 1 is 1.22 bits per heavy atom. The average molecular weight is 383 g/mol. The molecular weight excluding hydrogens is 363 g/mol. The molecule has 0 aliphatic rings. The van der Waals surface area contributed by atoms with Gasteiger partial charge in [-0.1, -0.05) is 30.3 Å². The van der Waals surface area contributed by atoms with E-state index in [1.54, 1.807) is 0 Å². The fourth-order valence-electron chi connectivity index (χ4n) is 2.53. The van der Waals surface area contributed by atoms with Crippen molar-refractivity contribution in [1.29, 1.82) is 0 Å². The van der Waals surface area contributed by atoms with Gasteiger partial charge in [-0.3, -0.25) is 14.3 Å². The van der Waals surface area contributed by atoms with Crippen LogP contribution >= 0.6 is 0 Å². The number of aliphatic carboxylic acids is 1. The number of halogens is 3. The van der Waals surface area contributed by atoms with Crippen molar-refractivity contribution in [2.45, 2.75) is 44.4 Å². The van der Waals surface area contributed by atoms with Crippen molar-refractivity contribution >= 4 is 11.9 Å². The zero-order valence-corrected chi connectivity index (χ0v) is 14.4. The maximum atomic E-state index is 12.4. The van der Waals surface area contributed by atoms with Gasteiger partial charge in [0.15, 0.2) is 0 Å². The van der Waals surface area contributed by atoms with E-state index in [4.69, 9.17) is 5.11 Å². The first-order valence-electron chi connectivity index (χ1n) is 8.39. The number of carboxylic acids is 1. The standard InChI is InChI=1S/C18H20F3N3O3/c19-18(20,21)8-9-24-12-14(11-22-24)17(27)23-15(6-7-16(25)26)10-13-4-2-1-3-5-13/h1-5,11-12,15H,6-10H2,(H,23,27)(H,25,26). The Morgan fingerprint density at radius 2 is 1.93 bits per heavy atom. The molecule has 1 unspecified atom stereocenters. The summed E-state index contributed by atoms with van der Waals surface area (Å²) in [6.07, 6.45) is -2.32. The predicted molar refractivity (Wildman–Crippen MR) is 91.2 cm³/mol. The van der Waals surface area contributed by atoms with Crippen LogP contribution in [0, 0.1) is 0 Å². The van der Waals surface area contributed by atoms with E-state index in [0.29, 0.717) is 6.42 Å². The van der Waals surface area contributed by atoms with Crippen molar-refractivity contribution < 1.29 is 27.9 Å². The predicted octanol–water partition coefficient (Wildman–Crippen LogP) is 3.04. The number of rotatable bonds is 9. The lowest BCUT2D eigenvalue weighted by Crippen LogP contribution is -2.36. The summed E-state index contributed by atoms with van der Waals surface area (Å²) in [5, 5.41) is 15.4. The third-order valence-corrected chi connectivity index (χ3v) is 3.89. The largest absolute Gasteiger partial charge is 0.481 e. The number of hydrogen-bond donors (Lipinski definition) is 2. The Labute approximate surface area is 154 Å². The van der Waals surface area contributed by atoms with Crippen LogP contribution in [0.25, 0.3) is 0 Å². The SMILES string of the molecule is O=C(O)CCC(Cc1ccccc1)NC(=O)c1cnn(CCC(F)(F)F)c1. The molecule has 0 saturated heterocycles. The van der Waals surface area contributed by atoms with Crippen molar-refractivity contribution in [2.75, 3.05) is 0 Å². The molecule has 1 atom stereocenters. The monoisotopic (exact) mass is 383 g/mol. The highest BCUT2D eigenvalue weighted by molar-refractivity contribution is 5.93. The van der Waals surface area contributed by atoms with E-state index in [0.717, 1.165) is 10.2 Å². The molecule has 1 aromatic heterocycles. The van der Waals surface area contributed by atoms with Gasteiger partial charge < -0.3 is 10.4 Å². The fourth-order valence-corrected chi connectivity index (χ4v) is 2.53. The van der Waals surface area contributed by atoms with Crippen LogP contribution in [0.2, 0.25) is 0 Å². The molecule has 146 valence electrons. The lowest BCUT2D eigenvalue weighted by atomic mass is 10.0. The third kappa shape index (κ3) is 7.51. The highest BCUT2D eigenvalue weighted by Crippen LogP contribution is 2.20. The molecule has 0 aliphatic heterocycles. The fraction of sp³-hybridized carbons (Fsp3) is 0.389. The normalized spacial score (nSPS) is 12.6. The summed E-state index contributed by atoms with van der Waals surface area (Å²) in [4.78, 5) is 23.2. The minimum absolute atomic E-state index is 0.109. The molecule has 1 aromatic carbocycles. The van der Waals surface area contributed by atoms with Crippen molar-refractivity contribution in [3.63, 3.8) is 0 Å². The van der Waals surface area contributed by atoms with Crippen LogP contribution < -0.4 is 5.32 Å². The Balaban J connectivity index is 1.99. The molecule has 27 heavy (non-hydrogen) atoms. The molecule has 1 amide bonds. The first kappa shape index (κ1) is 20.5. The third-order valence-electron chi connectivity index (χ3n) is 3.89. The van der Waals surface area contributed by atoms with Gasteiger partial charge >= 0.3 is 12.1 Å². The molecule has 0 fully saturated rings. The summed E-state index contributed by atoms with van der Waals surface area (Å²) in [6.45, 7) is -0.372. The highest BCUT2D eigenvalue weighted by Gasteiger charge is 2.27. The quantitative estimate of drug-likeness (QED) is 0.697. The number of alkyl halides is 3. The minimum Gasteiger partial charge on any atom is -0.481 e. The second-order valence-electron chi connectivity index (χ2n) is 6.15. The van der Waals surface area contributed by atoms with Crippen LogP contribution in [0.1, 0.15) is 35.2 Å². The Kier molecular flexibility index (Phi) is 6.98. The number of hydrogen-bond acceptors (Lipinski definition) is 3. The van der Waals surface area contributed by atoms with Crippen molar-refractivity contribution in [1.82, 2.24) is 15.1 Å². The van der Waals surface area contributed by atoms with Gasteiger partial charge in [0, 0.05) is 25.2 Å². The molecule has 1 heterocycles. The summed E-state index contributed by atoms with van der Waals surface area (Å²) in [7, 11) is 0. The second kappa shape index (κ2) is 9.20. The van der Waals surface area contributed by atoms with Crippen LogP contribution in [0.3, 0.4) is 0 Å². The van der Waals surface area contributed by atoms with Crippen LogP contribution in [0.4, 0.5) is 13.2 Å². The average Bonchev–Trinajstić information content (AvgIpc) is 3.07. The van der Waals surface area contributed by atoms with E-state index in [9.17, 15) is 22.8 Å². The number of carbonyl (C=O) groups is 2. The zero-order valence-electron chi connectivity index (χ0n) is 14.4. The van der Waals surface area contributed by atoms with Gasteiger partial charge in [0.25, 0.3) is 5.91 Å². The Hall–Kier alpha value is -2.84. The van der Waals surface area contributed by atoms with Gasteiger partial charge in [-0.05, 0) is 18.4 Å². The van der Waals surface area contributed by atoms with Gasteiger partial charge in [-0.25, -0.2) is 0 Å². The van der Waals surface area contributed by atoms with E-state index < -0.39 is 30.5 Å². The summed E-state index contributed by atoms with van der Waals surface area (Å²) < 4.78 is 37.9.